The van der Waals surface area contributed by atoms with Crippen molar-refractivity contribution in [2.24, 2.45) is 0 Å². The van der Waals surface area contributed by atoms with Crippen LogP contribution in [-0.2, 0) is 16.2 Å². The third-order valence-corrected chi connectivity index (χ3v) is 14.3. The van der Waals surface area contributed by atoms with Crippen LogP contribution in [0.4, 0.5) is 17.1 Å². The highest BCUT2D eigenvalue weighted by Crippen LogP contribution is 2.58. The fourth-order valence-electron chi connectivity index (χ4n) is 10.2. The van der Waals surface area contributed by atoms with Crippen LogP contribution in [0, 0.1) is 0 Å². The summed E-state index contributed by atoms with van der Waals surface area (Å²) in [5.74, 6) is 0. The molecule has 280 valence electrons. The first-order valence-electron chi connectivity index (χ1n) is 20.5. The van der Waals surface area contributed by atoms with Gasteiger partial charge in [-0.2, -0.15) is 0 Å². The molecule has 1 atom stereocenters. The van der Waals surface area contributed by atoms with Crippen molar-refractivity contribution in [2.45, 2.75) is 50.9 Å². The number of hydrogen-bond acceptors (Lipinski definition) is 2. The van der Waals surface area contributed by atoms with Gasteiger partial charge in [-0.1, -0.05) is 168 Å². The van der Waals surface area contributed by atoms with Crippen molar-refractivity contribution in [2.75, 3.05) is 4.90 Å². The predicted molar refractivity (Wildman–Crippen MR) is 248 cm³/mol. The monoisotopic (exact) mass is 763 g/mol. The van der Waals surface area contributed by atoms with Crippen LogP contribution in [0.15, 0.2) is 182 Å². The lowest BCUT2D eigenvalue weighted by atomic mass is 9.67. The van der Waals surface area contributed by atoms with Gasteiger partial charge in [0.15, 0.2) is 0 Å². The van der Waals surface area contributed by atoms with Crippen molar-refractivity contribution in [3.8, 4) is 22.3 Å². The molecule has 2 aliphatic rings. The molecule has 0 radical (unpaired) electrons. The van der Waals surface area contributed by atoms with Gasteiger partial charge < -0.3 is 4.90 Å². The maximum Gasteiger partial charge on any atom is 0.0714 e. The molecule has 2 aliphatic carbocycles. The van der Waals surface area contributed by atoms with Crippen molar-refractivity contribution in [3.63, 3.8) is 0 Å². The molecule has 1 nitrogen and oxygen atoms in total. The second-order valence-electron chi connectivity index (χ2n) is 17.7. The van der Waals surface area contributed by atoms with Gasteiger partial charge in [0.2, 0.25) is 0 Å². The molecule has 0 saturated carbocycles. The zero-order valence-electron chi connectivity index (χ0n) is 33.7. The van der Waals surface area contributed by atoms with Crippen LogP contribution in [0.3, 0.4) is 0 Å². The Morgan fingerprint density at radius 1 is 0.414 bits per heavy atom. The number of rotatable bonds is 5. The topological polar surface area (TPSA) is 3.24 Å². The van der Waals surface area contributed by atoms with Gasteiger partial charge in [0.05, 0.1) is 5.41 Å². The largest absolute Gasteiger partial charge is 0.310 e. The van der Waals surface area contributed by atoms with E-state index in [-0.39, 0.29) is 10.8 Å². The number of anilines is 3. The van der Waals surface area contributed by atoms with E-state index < -0.39 is 5.41 Å². The van der Waals surface area contributed by atoms with Crippen molar-refractivity contribution in [3.05, 3.63) is 221 Å². The van der Waals surface area contributed by atoms with E-state index in [1.807, 2.05) is 11.3 Å². The van der Waals surface area contributed by atoms with E-state index in [2.05, 4.69) is 222 Å². The van der Waals surface area contributed by atoms with Crippen LogP contribution in [0.5, 0.6) is 0 Å². The summed E-state index contributed by atoms with van der Waals surface area (Å²) in [6.07, 6.45) is 0. The first kappa shape index (κ1) is 35.0. The van der Waals surface area contributed by atoms with Gasteiger partial charge in [-0.3, -0.25) is 0 Å². The number of benzene rings is 8. The van der Waals surface area contributed by atoms with Crippen molar-refractivity contribution in [1.82, 2.24) is 0 Å². The first-order chi connectivity index (χ1) is 28.1. The summed E-state index contributed by atoms with van der Waals surface area (Å²) in [4.78, 5) is 2.51. The lowest BCUT2D eigenvalue weighted by molar-refractivity contribution is 0.589. The molecule has 0 amide bonds. The molecule has 0 spiro atoms. The molecule has 1 heterocycles. The maximum absolute atomic E-state index is 2.51. The molecule has 0 aliphatic heterocycles. The lowest BCUT2D eigenvalue weighted by Crippen LogP contribution is -2.29. The van der Waals surface area contributed by atoms with Crippen LogP contribution < -0.4 is 4.90 Å². The summed E-state index contributed by atoms with van der Waals surface area (Å²) in [7, 11) is 0. The fraction of sp³-hybridized carbons (Fsp3) is 0.143. The Balaban J connectivity index is 1.18. The SMILES string of the molecule is CC(C)(C)c1ccc(C2(c3ccccc3)c3ccccc3-c3ccc(N(c4ccc5c(c4)C(C)(C)c4ccccc4-5)c4ccc5sc6ccccc6c5c4)cc32)cc1. The highest BCUT2D eigenvalue weighted by molar-refractivity contribution is 7.25. The molecule has 9 aromatic rings. The Hall–Kier alpha value is -6.22. The minimum Gasteiger partial charge on any atom is -0.310 e. The Bertz CT molecular complexity index is 3070. The Labute approximate surface area is 345 Å². The molecular formula is C56H45NS. The molecular weight excluding hydrogens is 719 g/mol. The highest BCUT2D eigenvalue weighted by Gasteiger charge is 2.46. The molecule has 0 bridgehead atoms. The third kappa shape index (κ3) is 5.01. The van der Waals surface area contributed by atoms with Gasteiger partial charge in [-0.15, -0.1) is 11.3 Å². The summed E-state index contributed by atoms with van der Waals surface area (Å²) in [5, 5.41) is 2.60. The van der Waals surface area contributed by atoms with Gasteiger partial charge in [-0.05, 0) is 115 Å². The van der Waals surface area contributed by atoms with Crippen LogP contribution in [0.2, 0.25) is 0 Å². The zero-order valence-corrected chi connectivity index (χ0v) is 34.5. The van der Waals surface area contributed by atoms with Gasteiger partial charge in [0, 0.05) is 42.6 Å². The summed E-state index contributed by atoms with van der Waals surface area (Å²) in [5.41, 5.74) is 17.4. The highest BCUT2D eigenvalue weighted by atomic mass is 32.1. The lowest BCUT2D eigenvalue weighted by Gasteiger charge is -2.35. The number of fused-ring (bicyclic) bond motifs is 9. The maximum atomic E-state index is 2.51. The second-order valence-corrected chi connectivity index (χ2v) is 18.8. The molecule has 2 heteroatoms. The fourth-order valence-corrected chi connectivity index (χ4v) is 11.3. The third-order valence-electron chi connectivity index (χ3n) is 13.1. The zero-order chi connectivity index (χ0) is 39.4. The molecule has 8 aromatic carbocycles. The smallest absolute Gasteiger partial charge is 0.0714 e. The summed E-state index contributed by atoms with van der Waals surface area (Å²) in [6, 6.07) is 68.9. The van der Waals surface area contributed by atoms with Crippen molar-refractivity contribution < 1.29 is 0 Å². The number of hydrogen-bond donors (Lipinski definition) is 0. The first-order valence-corrected chi connectivity index (χ1v) is 21.3. The summed E-state index contributed by atoms with van der Waals surface area (Å²) >= 11 is 1.87. The van der Waals surface area contributed by atoms with Crippen LogP contribution >= 0.6 is 11.3 Å². The van der Waals surface area contributed by atoms with Gasteiger partial charge >= 0.3 is 0 Å². The quantitative estimate of drug-likeness (QED) is 0.169. The molecule has 1 unspecified atom stereocenters. The van der Waals surface area contributed by atoms with Gasteiger partial charge in [0.1, 0.15) is 0 Å². The minimum absolute atomic E-state index is 0.0538. The normalized spacial score (nSPS) is 16.2. The molecule has 0 fully saturated rings. The number of thiophene rings is 1. The van der Waals surface area contributed by atoms with E-state index in [0.717, 1.165) is 17.1 Å². The van der Waals surface area contributed by atoms with Crippen LogP contribution in [0.1, 0.15) is 73.6 Å². The van der Waals surface area contributed by atoms with Crippen molar-refractivity contribution in [1.29, 1.82) is 0 Å². The molecule has 0 saturated heterocycles. The Morgan fingerprint density at radius 2 is 0.931 bits per heavy atom. The van der Waals surface area contributed by atoms with E-state index in [9.17, 15) is 0 Å². The van der Waals surface area contributed by atoms with E-state index in [1.165, 1.54) is 81.4 Å². The van der Waals surface area contributed by atoms with Crippen molar-refractivity contribution >= 4 is 48.6 Å². The van der Waals surface area contributed by atoms with Gasteiger partial charge in [0.25, 0.3) is 0 Å². The average Bonchev–Trinajstić information content (AvgIpc) is 3.84. The van der Waals surface area contributed by atoms with Crippen LogP contribution in [-0.4, -0.2) is 0 Å². The van der Waals surface area contributed by atoms with Gasteiger partial charge in [-0.25, -0.2) is 0 Å². The molecule has 1 aromatic heterocycles. The average molecular weight is 764 g/mol. The Morgan fingerprint density at radius 3 is 1.66 bits per heavy atom. The predicted octanol–water partition coefficient (Wildman–Crippen LogP) is 15.5. The van der Waals surface area contributed by atoms with E-state index in [4.69, 9.17) is 0 Å². The second kappa shape index (κ2) is 12.6. The standard InChI is InChI=1S/C56H45NS/c1-54(2,3)36-23-25-38(26-24-36)56(37-15-7-6-8-16-37)49-21-13-10-18-43(49)45-31-28-41(35-51(45)56)57(39-29-32-53-47(33-39)46-19-11-14-22-52(46)58-53)40-27-30-44-42-17-9-12-20-48(42)55(4,5)50(44)34-40/h6-35H,1-5H3. The summed E-state index contributed by atoms with van der Waals surface area (Å²) in [6.45, 7) is 11.6. The molecule has 0 N–H and O–H groups in total. The van der Waals surface area contributed by atoms with E-state index >= 15 is 0 Å². The van der Waals surface area contributed by atoms with E-state index in [0.29, 0.717) is 0 Å². The molecule has 11 rings (SSSR count). The molecule has 58 heavy (non-hydrogen) atoms. The van der Waals surface area contributed by atoms with Crippen LogP contribution in [0.25, 0.3) is 42.4 Å². The number of nitrogens with zero attached hydrogens (tertiary/aromatic N) is 1. The van der Waals surface area contributed by atoms with E-state index in [1.54, 1.807) is 0 Å². The summed E-state index contributed by atoms with van der Waals surface area (Å²) < 4.78 is 2.63. The minimum atomic E-state index is -0.514. The Kier molecular flexibility index (Phi) is 7.62.